The first kappa shape index (κ1) is 21.5. The van der Waals surface area contributed by atoms with Crippen LogP contribution in [0.3, 0.4) is 0 Å². The molecule has 7 heteroatoms. The average molecular weight is 403 g/mol. The van der Waals surface area contributed by atoms with Gasteiger partial charge in [0.25, 0.3) is 0 Å². The van der Waals surface area contributed by atoms with Gasteiger partial charge in [0.15, 0.2) is 16.6 Å². The fourth-order valence-electron chi connectivity index (χ4n) is 2.47. The van der Waals surface area contributed by atoms with Gasteiger partial charge in [0.05, 0.1) is 25.3 Å². The Kier molecular flexibility index (Phi) is 8.07. The molecule has 0 aromatic heterocycles. The molecule has 150 valence electrons. The first-order valence-electron chi connectivity index (χ1n) is 9.05. The van der Waals surface area contributed by atoms with E-state index in [9.17, 15) is 4.79 Å². The maximum Gasteiger partial charge on any atom is 0.338 e. The Labute approximate surface area is 171 Å². The number of nitrogens with one attached hydrogen (secondary N) is 2. The zero-order valence-electron chi connectivity index (χ0n) is 16.6. The minimum absolute atomic E-state index is 0.0431. The number of carbonyl (C=O) groups is 1. The smallest absolute Gasteiger partial charge is 0.338 e. The fourth-order valence-corrected chi connectivity index (χ4v) is 2.79. The highest BCUT2D eigenvalue weighted by Gasteiger charge is 2.12. The minimum atomic E-state index is -0.358. The summed E-state index contributed by atoms with van der Waals surface area (Å²) >= 11 is 5.39. The van der Waals surface area contributed by atoms with Crippen molar-refractivity contribution >= 4 is 29.0 Å². The maximum atomic E-state index is 11.9. The second-order valence-electron chi connectivity index (χ2n) is 6.21. The van der Waals surface area contributed by atoms with Gasteiger partial charge in [-0.15, -0.1) is 0 Å². The Bertz CT molecular complexity index is 826. The number of hydrogen-bond donors (Lipinski definition) is 2. The largest absolute Gasteiger partial charge is 0.493 e. The third kappa shape index (κ3) is 6.13. The number of benzene rings is 2. The van der Waals surface area contributed by atoms with E-state index < -0.39 is 0 Å². The van der Waals surface area contributed by atoms with E-state index in [4.69, 9.17) is 26.4 Å². The van der Waals surface area contributed by atoms with Crippen LogP contribution in [0.4, 0.5) is 5.69 Å². The number of carbonyl (C=O) groups excluding carboxylic acids is 1. The van der Waals surface area contributed by atoms with Crippen molar-refractivity contribution in [2.24, 2.45) is 0 Å². The maximum absolute atomic E-state index is 11.9. The summed E-state index contributed by atoms with van der Waals surface area (Å²) in [5.41, 5.74) is 2.20. The molecule has 0 bridgehead atoms. The van der Waals surface area contributed by atoms with Gasteiger partial charge in [0.2, 0.25) is 0 Å². The van der Waals surface area contributed by atoms with E-state index in [0.29, 0.717) is 35.4 Å². The lowest BCUT2D eigenvalue weighted by Crippen LogP contribution is -2.39. The Balaban J connectivity index is 1.92. The number of esters is 1. The van der Waals surface area contributed by atoms with E-state index in [1.54, 1.807) is 26.2 Å². The van der Waals surface area contributed by atoms with Crippen LogP contribution in [0.15, 0.2) is 42.5 Å². The van der Waals surface area contributed by atoms with E-state index >= 15 is 0 Å². The third-order valence-electron chi connectivity index (χ3n) is 3.93. The standard InChI is InChI=1S/C21H26N2O4S/c1-5-26-20(24)16-11-10-14(2)17(12-16)23-21(28)22-15(3)13-27-19-9-7-6-8-18(19)25-4/h6-12,15H,5,13H2,1-4H3,(H2,22,23,28). The lowest BCUT2D eigenvalue weighted by molar-refractivity contribution is 0.0526. The predicted octanol–water partition coefficient (Wildman–Crippen LogP) is 3.93. The van der Waals surface area contributed by atoms with Gasteiger partial charge in [0.1, 0.15) is 6.61 Å². The number of methoxy groups -OCH3 is 1. The summed E-state index contributed by atoms with van der Waals surface area (Å²) in [6.45, 7) is 6.42. The number of aryl methyl sites for hydroxylation is 1. The van der Waals surface area contributed by atoms with Gasteiger partial charge < -0.3 is 24.8 Å². The molecule has 1 unspecified atom stereocenters. The highest BCUT2D eigenvalue weighted by atomic mass is 32.1. The molecule has 28 heavy (non-hydrogen) atoms. The molecule has 0 saturated carbocycles. The molecule has 0 spiro atoms. The molecule has 2 aromatic rings. The summed E-state index contributed by atoms with van der Waals surface area (Å²) in [5, 5.41) is 6.75. The van der Waals surface area contributed by atoms with Gasteiger partial charge >= 0.3 is 5.97 Å². The first-order chi connectivity index (χ1) is 13.4. The number of ether oxygens (including phenoxy) is 3. The Morgan fingerprint density at radius 3 is 2.57 bits per heavy atom. The molecule has 0 amide bonds. The Morgan fingerprint density at radius 1 is 1.18 bits per heavy atom. The van der Waals surface area contributed by atoms with Gasteiger partial charge in [0, 0.05) is 5.69 Å². The normalized spacial score (nSPS) is 11.3. The topological polar surface area (TPSA) is 68.8 Å². The second kappa shape index (κ2) is 10.5. The van der Waals surface area contributed by atoms with Crippen molar-refractivity contribution in [2.75, 3.05) is 25.6 Å². The third-order valence-corrected chi connectivity index (χ3v) is 4.15. The van der Waals surface area contributed by atoms with Crippen molar-refractivity contribution in [3.05, 3.63) is 53.6 Å². The number of anilines is 1. The van der Waals surface area contributed by atoms with Crippen LogP contribution >= 0.6 is 12.2 Å². The van der Waals surface area contributed by atoms with E-state index in [0.717, 1.165) is 11.3 Å². The van der Waals surface area contributed by atoms with Gasteiger partial charge in [-0.05, 0) is 62.8 Å². The summed E-state index contributed by atoms with van der Waals surface area (Å²) in [4.78, 5) is 11.9. The van der Waals surface area contributed by atoms with Crippen molar-refractivity contribution in [3.63, 3.8) is 0 Å². The number of para-hydroxylation sites is 2. The van der Waals surface area contributed by atoms with Crippen LogP contribution in [-0.2, 0) is 4.74 Å². The van der Waals surface area contributed by atoms with E-state index in [-0.39, 0.29) is 12.0 Å². The highest BCUT2D eigenvalue weighted by molar-refractivity contribution is 7.80. The highest BCUT2D eigenvalue weighted by Crippen LogP contribution is 2.25. The predicted molar refractivity (Wildman–Crippen MR) is 114 cm³/mol. The zero-order valence-corrected chi connectivity index (χ0v) is 17.4. The number of rotatable bonds is 8. The average Bonchev–Trinajstić information content (AvgIpc) is 2.68. The SMILES string of the molecule is CCOC(=O)c1ccc(C)c(NC(=S)NC(C)COc2ccccc2OC)c1. The van der Waals surface area contributed by atoms with Crippen LogP contribution in [-0.4, -0.2) is 37.4 Å². The lowest BCUT2D eigenvalue weighted by Gasteiger charge is -2.19. The van der Waals surface area contributed by atoms with Crippen molar-refractivity contribution in [1.82, 2.24) is 5.32 Å². The van der Waals surface area contributed by atoms with Crippen LogP contribution < -0.4 is 20.1 Å². The lowest BCUT2D eigenvalue weighted by atomic mass is 10.1. The fraction of sp³-hybridized carbons (Fsp3) is 0.333. The molecular weight excluding hydrogens is 376 g/mol. The van der Waals surface area contributed by atoms with Gasteiger partial charge in [-0.3, -0.25) is 0 Å². The molecule has 0 aliphatic heterocycles. The Hall–Kier alpha value is -2.80. The van der Waals surface area contributed by atoms with Crippen molar-refractivity contribution in [3.8, 4) is 11.5 Å². The summed E-state index contributed by atoms with van der Waals surface area (Å²) in [6, 6.07) is 12.8. The molecule has 0 aliphatic carbocycles. The first-order valence-corrected chi connectivity index (χ1v) is 9.46. The van der Waals surface area contributed by atoms with E-state index in [1.165, 1.54) is 0 Å². The van der Waals surface area contributed by atoms with Crippen LogP contribution in [0.25, 0.3) is 0 Å². The van der Waals surface area contributed by atoms with Crippen LogP contribution in [0.5, 0.6) is 11.5 Å². The molecule has 0 radical (unpaired) electrons. The molecule has 1 atom stereocenters. The van der Waals surface area contributed by atoms with Crippen molar-refractivity contribution in [1.29, 1.82) is 0 Å². The van der Waals surface area contributed by atoms with E-state index in [2.05, 4.69) is 10.6 Å². The van der Waals surface area contributed by atoms with Crippen LogP contribution in [0, 0.1) is 6.92 Å². The molecule has 2 N–H and O–H groups in total. The van der Waals surface area contributed by atoms with Gasteiger partial charge in [-0.25, -0.2) is 4.79 Å². The molecule has 0 saturated heterocycles. The molecule has 2 aromatic carbocycles. The molecular formula is C21H26N2O4S. The summed E-state index contributed by atoms with van der Waals surface area (Å²) in [6.07, 6.45) is 0. The minimum Gasteiger partial charge on any atom is -0.493 e. The van der Waals surface area contributed by atoms with Gasteiger partial charge in [-0.2, -0.15) is 0 Å². The van der Waals surface area contributed by atoms with Crippen LogP contribution in [0.1, 0.15) is 29.8 Å². The molecule has 0 fully saturated rings. The number of thiocarbonyl (C=S) groups is 1. The van der Waals surface area contributed by atoms with Crippen LogP contribution in [0.2, 0.25) is 0 Å². The zero-order chi connectivity index (χ0) is 20.5. The number of hydrogen-bond acceptors (Lipinski definition) is 5. The summed E-state index contributed by atoms with van der Waals surface area (Å²) < 4.78 is 16.1. The van der Waals surface area contributed by atoms with Gasteiger partial charge in [-0.1, -0.05) is 18.2 Å². The molecule has 0 heterocycles. The molecule has 2 rings (SSSR count). The molecule has 0 aliphatic rings. The Morgan fingerprint density at radius 2 is 1.89 bits per heavy atom. The summed E-state index contributed by atoms with van der Waals surface area (Å²) in [7, 11) is 1.61. The quantitative estimate of drug-likeness (QED) is 0.512. The van der Waals surface area contributed by atoms with Crippen molar-refractivity contribution < 1.29 is 19.0 Å². The van der Waals surface area contributed by atoms with Crippen molar-refractivity contribution in [2.45, 2.75) is 26.8 Å². The van der Waals surface area contributed by atoms with E-state index in [1.807, 2.05) is 44.2 Å². The summed E-state index contributed by atoms with van der Waals surface area (Å²) in [5.74, 6) is 1.00. The second-order valence-corrected chi connectivity index (χ2v) is 6.62. The monoisotopic (exact) mass is 402 g/mol. The molecule has 6 nitrogen and oxygen atoms in total.